The summed E-state index contributed by atoms with van der Waals surface area (Å²) in [5.74, 6) is -1.44. The minimum Gasteiger partial charge on any atom is -0.381 e. The molecule has 1 aromatic rings. The smallest absolute Gasteiger partial charge is 0.381 e. The van der Waals surface area contributed by atoms with Gasteiger partial charge in [-0.15, -0.1) is 9.42 Å². The van der Waals surface area contributed by atoms with Gasteiger partial charge in [0, 0.05) is 17.8 Å². The van der Waals surface area contributed by atoms with Gasteiger partial charge in [-0.25, -0.2) is 13.8 Å². The first kappa shape index (κ1) is 21.1. The maximum atomic E-state index is 13.4. The van der Waals surface area contributed by atoms with Crippen LogP contribution in [0.5, 0.6) is 0 Å². The molecule has 1 aromatic heterocycles. The van der Waals surface area contributed by atoms with E-state index in [0.29, 0.717) is 6.42 Å². The zero-order valence-electron chi connectivity index (χ0n) is 12.7. The predicted molar refractivity (Wildman–Crippen MR) is 81.4 cm³/mol. The van der Waals surface area contributed by atoms with E-state index in [0.717, 1.165) is 10.8 Å². The number of anilines is 1. The molecule has 17 heteroatoms. The van der Waals surface area contributed by atoms with Crippen molar-refractivity contribution in [1.82, 2.24) is 9.55 Å². The predicted octanol–water partition coefficient (Wildman–Crippen LogP) is 1.10. The number of hydrogen-bond acceptors (Lipinski definition) is 10. The summed E-state index contributed by atoms with van der Waals surface area (Å²) in [6.07, 6.45) is -0.102. The minimum absolute atomic E-state index is 0.281. The quantitative estimate of drug-likeness (QED) is 0.494. The van der Waals surface area contributed by atoms with Crippen LogP contribution in [0, 0.1) is 5.82 Å². The number of hydrogen-bond donors (Lipinski definition) is 3. The molecule has 2 heterocycles. The van der Waals surface area contributed by atoms with Crippen molar-refractivity contribution in [2.75, 3.05) is 12.3 Å². The fourth-order valence-electron chi connectivity index (χ4n) is 2.03. The number of nitrogens with two attached hydrogens (primary N) is 1. The Kier molecular flexibility index (Phi) is 7.03. The largest absolute Gasteiger partial charge is 0.708 e. The Bertz CT molecular complexity index is 819. The van der Waals surface area contributed by atoms with Crippen molar-refractivity contribution in [3.8, 4) is 0 Å². The van der Waals surface area contributed by atoms with E-state index in [1.807, 2.05) is 0 Å². The molecule has 1 saturated heterocycles. The number of rotatable bonds is 8. The summed E-state index contributed by atoms with van der Waals surface area (Å²) in [6, 6.07) is 0. The van der Waals surface area contributed by atoms with Crippen LogP contribution >= 0.6 is 24.3 Å². The lowest BCUT2D eigenvalue weighted by Gasteiger charge is -2.14. The molecule has 0 aromatic carbocycles. The molecule has 0 aliphatic carbocycles. The fraction of sp³-hybridized carbons (Fsp3) is 0.556. The first-order chi connectivity index (χ1) is 12.1. The van der Waals surface area contributed by atoms with E-state index in [9.17, 15) is 22.9 Å². The van der Waals surface area contributed by atoms with Gasteiger partial charge in [-0.3, -0.25) is 9.46 Å². The second-order valence-electron chi connectivity index (χ2n) is 4.84. The maximum Gasteiger partial charge on any atom is 0.708 e. The fourth-order valence-corrected chi connectivity index (χ4v) is 4.28. The maximum absolute atomic E-state index is 13.4. The molecule has 2 rings (SSSR count). The zero-order chi connectivity index (χ0) is 19.5. The Morgan fingerprint density at radius 3 is 2.81 bits per heavy atom. The third-order valence-corrected chi connectivity index (χ3v) is 6.14. The third-order valence-electron chi connectivity index (χ3n) is 3.04. The highest BCUT2D eigenvalue weighted by Gasteiger charge is 2.45. The van der Waals surface area contributed by atoms with E-state index in [4.69, 9.17) is 20.3 Å². The third kappa shape index (κ3) is 5.92. The van der Waals surface area contributed by atoms with Gasteiger partial charge in [0.2, 0.25) is 0 Å². The van der Waals surface area contributed by atoms with Gasteiger partial charge < -0.3 is 10.5 Å². The van der Waals surface area contributed by atoms with E-state index in [2.05, 4.69) is 18.1 Å². The molecule has 0 bridgehead atoms. The molecule has 5 atom stereocenters. The molecule has 4 N–H and O–H groups in total. The Labute approximate surface area is 146 Å². The zero-order valence-corrected chi connectivity index (χ0v) is 15.4. The van der Waals surface area contributed by atoms with E-state index in [1.54, 1.807) is 0 Å². The number of ether oxygens (including phenoxy) is 1. The number of nitrogen functional groups attached to an aromatic ring is 1. The van der Waals surface area contributed by atoms with Gasteiger partial charge in [0.1, 0.15) is 12.8 Å². The lowest BCUT2D eigenvalue weighted by atomic mass is 10.2. The first-order valence-corrected chi connectivity index (χ1v) is 10.5. The van der Waals surface area contributed by atoms with Gasteiger partial charge in [0.15, 0.2) is 11.6 Å². The molecular formula is C9H13FN3O10P3+2. The summed E-state index contributed by atoms with van der Waals surface area (Å²) < 4.78 is 65.0. The second kappa shape index (κ2) is 8.66. The van der Waals surface area contributed by atoms with Crippen molar-refractivity contribution in [1.29, 1.82) is 0 Å². The Morgan fingerprint density at radius 1 is 1.46 bits per heavy atom. The van der Waals surface area contributed by atoms with E-state index in [-0.39, 0.29) is 13.0 Å². The van der Waals surface area contributed by atoms with Crippen LogP contribution in [-0.4, -0.2) is 32.0 Å². The molecule has 26 heavy (non-hydrogen) atoms. The molecule has 1 fully saturated rings. The van der Waals surface area contributed by atoms with Crippen LogP contribution in [0.15, 0.2) is 11.0 Å². The van der Waals surface area contributed by atoms with E-state index in [1.165, 1.54) is 0 Å². The lowest BCUT2D eigenvalue weighted by molar-refractivity contribution is -0.0206. The minimum atomic E-state index is -5.03. The molecule has 0 saturated carbocycles. The van der Waals surface area contributed by atoms with Crippen molar-refractivity contribution < 1.29 is 45.8 Å². The summed E-state index contributed by atoms with van der Waals surface area (Å²) in [6.45, 7) is -0.364. The highest BCUT2D eigenvalue weighted by atomic mass is 31.3. The van der Waals surface area contributed by atoms with Gasteiger partial charge in [-0.2, -0.15) is 4.98 Å². The highest BCUT2D eigenvalue weighted by Crippen LogP contribution is 2.57. The Hall–Kier alpha value is -1.20. The van der Waals surface area contributed by atoms with Crippen LogP contribution in [0.25, 0.3) is 0 Å². The summed E-state index contributed by atoms with van der Waals surface area (Å²) in [7, 11) is -11.6. The van der Waals surface area contributed by atoms with Crippen molar-refractivity contribution in [3.05, 3.63) is 22.5 Å². The van der Waals surface area contributed by atoms with Crippen LogP contribution in [0.4, 0.5) is 10.2 Å². The van der Waals surface area contributed by atoms with Crippen molar-refractivity contribution in [2.45, 2.75) is 25.2 Å². The topological polar surface area (TPSA) is 189 Å². The van der Waals surface area contributed by atoms with Gasteiger partial charge in [0.05, 0.1) is 12.3 Å². The number of phosphoric acid groups is 1. The van der Waals surface area contributed by atoms with Crippen LogP contribution in [0.1, 0.15) is 19.1 Å². The summed E-state index contributed by atoms with van der Waals surface area (Å²) in [5.41, 5.74) is 4.36. The number of aromatic nitrogens is 2. The first-order valence-electron chi connectivity index (χ1n) is 6.75. The normalized spacial score (nSPS) is 23.5. The van der Waals surface area contributed by atoms with Crippen LogP contribution < -0.4 is 11.4 Å². The second-order valence-corrected chi connectivity index (χ2v) is 8.27. The summed E-state index contributed by atoms with van der Waals surface area (Å²) in [5, 5.41) is 0. The molecule has 0 amide bonds. The Balaban J connectivity index is 1.87. The SMILES string of the molecule is Nc1nc(=O)n(C2CCC(CO[P+](=O)OP(=O)(O)O[P+](=O)O)O2)cc1F. The van der Waals surface area contributed by atoms with E-state index >= 15 is 0 Å². The summed E-state index contributed by atoms with van der Waals surface area (Å²) in [4.78, 5) is 32.4. The Morgan fingerprint density at radius 2 is 2.15 bits per heavy atom. The van der Waals surface area contributed by atoms with Crippen LogP contribution in [-0.2, 0) is 31.6 Å². The average molecular weight is 435 g/mol. The summed E-state index contributed by atoms with van der Waals surface area (Å²) >= 11 is 0. The highest BCUT2D eigenvalue weighted by molar-refractivity contribution is 7.61. The molecule has 1 aliphatic heterocycles. The average Bonchev–Trinajstić information content (AvgIpc) is 2.95. The van der Waals surface area contributed by atoms with Crippen molar-refractivity contribution in [3.63, 3.8) is 0 Å². The molecule has 0 spiro atoms. The molecule has 144 valence electrons. The monoisotopic (exact) mass is 435 g/mol. The molecular weight excluding hydrogens is 422 g/mol. The van der Waals surface area contributed by atoms with Gasteiger partial charge in [-0.1, -0.05) is 0 Å². The lowest BCUT2D eigenvalue weighted by Crippen LogP contribution is -2.29. The van der Waals surface area contributed by atoms with Crippen LogP contribution in [0.2, 0.25) is 0 Å². The molecule has 13 nitrogen and oxygen atoms in total. The molecule has 5 unspecified atom stereocenters. The van der Waals surface area contributed by atoms with Gasteiger partial charge >= 0.3 is 30.0 Å². The van der Waals surface area contributed by atoms with Crippen LogP contribution in [0.3, 0.4) is 0 Å². The van der Waals surface area contributed by atoms with Gasteiger partial charge in [-0.05, 0) is 12.8 Å². The van der Waals surface area contributed by atoms with Gasteiger partial charge in [0.25, 0.3) is 0 Å². The molecule has 1 aliphatic rings. The van der Waals surface area contributed by atoms with Crippen molar-refractivity contribution >= 4 is 30.2 Å². The molecule has 0 radical (unpaired) electrons. The van der Waals surface area contributed by atoms with E-state index < -0.39 is 54.0 Å². The standard InChI is InChI=1S/C9H11FN3O10P3/c10-6-3-13(9(14)12-8(6)11)7-2-1-5(21-7)4-20-25(17)23-26(18,19)22-24(15)16/h3,5,7H,1-2,4H2,(H2-2,11,12,14,15,16,18,19)/p+2. The van der Waals surface area contributed by atoms with Crippen molar-refractivity contribution in [2.24, 2.45) is 0 Å². The number of halogens is 1. The number of nitrogens with zero attached hydrogens (tertiary/aromatic N) is 2.